The Balaban J connectivity index is 2.21. The molecule has 0 aliphatic carbocycles. The fourth-order valence-corrected chi connectivity index (χ4v) is 3.41. The van der Waals surface area contributed by atoms with E-state index in [9.17, 15) is 4.79 Å². The van der Waals surface area contributed by atoms with Crippen molar-refractivity contribution in [2.45, 2.75) is 32.7 Å². The fourth-order valence-electron chi connectivity index (χ4n) is 2.52. The highest BCUT2D eigenvalue weighted by atomic mass is 35.5. The van der Waals surface area contributed by atoms with Gasteiger partial charge in [-0.25, -0.2) is 9.78 Å². The number of halogens is 1. The lowest BCUT2D eigenvalue weighted by Crippen LogP contribution is -2.17. The van der Waals surface area contributed by atoms with Crippen LogP contribution in [0.2, 0.25) is 5.02 Å². The Labute approximate surface area is 131 Å². The number of hydrogen-bond acceptors (Lipinski definition) is 3. The molecule has 21 heavy (non-hydrogen) atoms. The molecule has 3 aromatic rings. The van der Waals surface area contributed by atoms with E-state index in [0.29, 0.717) is 17.2 Å². The fraction of sp³-hybridized carbons (Fsp3) is 0.333. The number of aromatic amines is 1. The molecule has 0 aromatic carbocycles. The maximum Gasteiger partial charge on any atom is 0.327 e. The largest absolute Gasteiger partial charge is 0.327 e. The van der Waals surface area contributed by atoms with Crippen LogP contribution in [0.1, 0.15) is 26.2 Å². The Bertz CT molecular complexity index is 804. The molecule has 0 radical (unpaired) electrons. The minimum Gasteiger partial charge on any atom is -0.290 e. The van der Waals surface area contributed by atoms with E-state index in [1.165, 1.54) is 0 Å². The molecule has 1 N–H and O–H groups in total. The van der Waals surface area contributed by atoms with Gasteiger partial charge in [-0.3, -0.25) is 9.55 Å². The molecule has 0 spiro atoms. The van der Waals surface area contributed by atoms with Crippen molar-refractivity contribution in [1.29, 1.82) is 0 Å². The number of unbranched alkanes of at least 4 members (excludes halogenated alkanes) is 2. The quantitative estimate of drug-likeness (QED) is 0.712. The first-order valence-electron chi connectivity index (χ1n) is 7.02. The van der Waals surface area contributed by atoms with Crippen LogP contribution in [0.15, 0.2) is 27.8 Å². The smallest absolute Gasteiger partial charge is 0.290 e. The van der Waals surface area contributed by atoms with E-state index in [1.54, 1.807) is 22.1 Å². The van der Waals surface area contributed by atoms with Crippen molar-refractivity contribution in [1.82, 2.24) is 14.5 Å². The average Bonchev–Trinajstić information content (AvgIpc) is 3.08. The summed E-state index contributed by atoms with van der Waals surface area (Å²) in [6, 6.07) is 2.01. The summed E-state index contributed by atoms with van der Waals surface area (Å²) in [5, 5.41) is 4.61. The number of fused-ring (bicyclic) bond motifs is 1. The molecule has 4 nitrogen and oxygen atoms in total. The molecular formula is C15H16ClN3OS. The van der Waals surface area contributed by atoms with Crippen LogP contribution in [0.5, 0.6) is 0 Å². The summed E-state index contributed by atoms with van der Waals surface area (Å²) in [4.78, 5) is 19.3. The maximum absolute atomic E-state index is 12.2. The molecule has 3 heterocycles. The van der Waals surface area contributed by atoms with E-state index in [1.807, 2.05) is 16.8 Å². The summed E-state index contributed by atoms with van der Waals surface area (Å²) in [5.74, 6) is 0. The summed E-state index contributed by atoms with van der Waals surface area (Å²) in [6.07, 6.45) is 4.79. The van der Waals surface area contributed by atoms with Gasteiger partial charge in [0.15, 0.2) is 5.65 Å². The van der Waals surface area contributed by atoms with Crippen molar-refractivity contribution < 1.29 is 0 Å². The Kier molecular flexibility index (Phi) is 4.12. The standard InChI is InChI=1S/C15H16ClN3OS/c1-2-3-4-6-19-13-12(10-5-7-21-9-10)11(16)8-17-14(13)18-15(19)20/h5,7-9H,2-4,6H2,1H3,(H,17,18,20). The zero-order valence-corrected chi connectivity index (χ0v) is 13.3. The van der Waals surface area contributed by atoms with Crippen LogP contribution in [-0.4, -0.2) is 14.5 Å². The first kappa shape index (κ1) is 14.4. The van der Waals surface area contributed by atoms with Gasteiger partial charge in [-0.05, 0) is 28.8 Å². The molecule has 0 bridgehead atoms. The van der Waals surface area contributed by atoms with Gasteiger partial charge in [0, 0.05) is 18.3 Å². The molecule has 0 aliphatic rings. The van der Waals surface area contributed by atoms with Crippen molar-refractivity contribution in [3.8, 4) is 11.1 Å². The number of thiophene rings is 1. The third-order valence-electron chi connectivity index (χ3n) is 3.54. The minimum atomic E-state index is -0.118. The first-order chi connectivity index (χ1) is 10.2. The maximum atomic E-state index is 12.2. The molecule has 6 heteroatoms. The van der Waals surface area contributed by atoms with Crippen molar-refractivity contribution in [3.05, 3.63) is 38.5 Å². The number of pyridine rings is 1. The monoisotopic (exact) mass is 321 g/mol. The molecule has 0 atom stereocenters. The number of H-pyrrole nitrogens is 1. The Morgan fingerprint density at radius 3 is 3.00 bits per heavy atom. The number of imidazole rings is 1. The van der Waals surface area contributed by atoms with Gasteiger partial charge in [-0.15, -0.1) is 0 Å². The van der Waals surface area contributed by atoms with E-state index in [0.717, 1.165) is 35.9 Å². The van der Waals surface area contributed by atoms with Gasteiger partial charge in [-0.1, -0.05) is 31.4 Å². The zero-order valence-electron chi connectivity index (χ0n) is 11.7. The minimum absolute atomic E-state index is 0.118. The molecule has 3 rings (SSSR count). The third-order valence-corrected chi connectivity index (χ3v) is 4.51. The summed E-state index contributed by atoms with van der Waals surface area (Å²) >= 11 is 7.96. The molecule has 0 fully saturated rings. The number of rotatable bonds is 5. The highest BCUT2D eigenvalue weighted by molar-refractivity contribution is 7.08. The van der Waals surface area contributed by atoms with E-state index in [-0.39, 0.29) is 5.69 Å². The average molecular weight is 322 g/mol. The van der Waals surface area contributed by atoms with Crippen molar-refractivity contribution in [2.75, 3.05) is 0 Å². The Morgan fingerprint density at radius 1 is 1.43 bits per heavy atom. The lowest BCUT2D eigenvalue weighted by atomic mass is 10.1. The Morgan fingerprint density at radius 2 is 2.29 bits per heavy atom. The Hall–Kier alpha value is -1.59. The van der Waals surface area contributed by atoms with Crippen LogP contribution >= 0.6 is 22.9 Å². The second kappa shape index (κ2) is 6.03. The second-order valence-electron chi connectivity index (χ2n) is 4.98. The van der Waals surface area contributed by atoms with Gasteiger partial charge in [-0.2, -0.15) is 11.3 Å². The number of nitrogens with zero attached hydrogens (tertiary/aromatic N) is 2. The summed E-state index contributed by atoms with van der Waals surface area (Å²) in [6.45, 7) is 2.83. The summed E-state index contributed by atoms with van der Waals surface area (Å²) in [5.41, 5.74) is 3.20. The lowest BCUT2D eigenvalue weighted by molar-refractivity contribution is 0.601. The molecule has 110 valence electrons. The van der Waals surface area contributed by atoms with Crippen LogP contribution in [0.3, 0.4) is 0 Å². The van der Waals surface area contributed by atoms with Crippen LogP contribution < -0.4 is 5.69 Å². The van der Waals surface area contributed by atoms with Crippen LogP contribution in [0.4, 0.5) is 0 Å². The van der Waals surface area contributed by atoms with Crippen molar-refractivity contribution >= 4 is 34.1 Å². The van der Waals surface area contributed by atoms with Crippen molar-refractivity contribution in [2.24, 2.45) is 0 Å². The predicted molar refractivity (Wildman–Crippen MR) is 88.2 cm³/mol. The van der Waals surface area contributed by atoms with Gasteiger partial charge >= 0.3 is 5.69 Å². The number of hydrogen-bond donors (Lipinski definition) is 1. The normalized spacial score (nSPS) is 11.3. The van der Waals surface area contributed by atoms with Gasteiger partial charge in [0.2, 0.25) is 0 Å². The molecule has 0 amide bonds. The molecular weight excluding hydrogens is 306 g/mol. The van der Waals surface area contributed by atoms with E-state index >= 15 is 0 Å². The van der Waals surface area contributed by atoms with Crippen LogP contribution in [0.25, 0.3) is 22.3 Å². The molecule has 3 aromatic heterocycles. The van der Waals surface area contributed by atoms with Gasteiger partial charge < -0.3 is 0 Å². The SMILES string of the molecule is CCCCCn1c(=O)[nH]c2ncc(Cl)c(-c3ccsc3)c21. The molecule has 0 saturated carbocycles. The molecule has 0 saturated heterocycles. The summed E-state index contributed by atoms with van der Waals surface area (Å²) < 4.78 is 1.76. The molecule has 0 aliphatic heterocycles. The number of nitrogens with one attached hydrogen (secondary N) is 1. The lowest BCUT2D eigenvalue weighted by Gasteiger charge is -2.08. The van der Waals surface area contributed by atoms with E-state index in [4.69, 9.17) is 11.6 Å². The zero-order chi connectivity index (χ0) is 14.8. The highest BCUT2D eigenvalue weighted by Gasteiger charge is 2.16. The van der Waals surface area contributed by atoms with Gasteiger partial charge in [0.05, 0.1) is 10.5 Å². The third kappa shape index (κ3) is 2.63. The molecule has 0 unspecified atom stereocenters. The van der Waals surface area contributed by atoms with Gasteiger partial charge in [0.25, 0.3) is 0 Å². The van der Waals surface area contributed by atoms with Gasteiger partial charge in [0.1, 0.15) is 0 Å². The number of aryl methyl sites for hydroxylation is 1. The predicted octanol–water partition coefficient (Wildman–Crippen LogP) is 4.30. The highest BCUT2D eigenvalue weighted by Crippen LogP contribution is 2.34. The first-order valence-corrected chi connectivity index (χ1v) is 8.34. The van der Waals surface area contributed by atoms with Crippen molar-refractivity contribution in [3.63, 3.8) is 0 Å². The van der Waals surface area contributed by atoms with E-state index < -0.39 is 0 Å². The number of aromatic nitrogens is 3. The van der Waals surface area contributed by atoms with Crippen LogP contribution in [-0.2, 0) is 6.54 Å². The second-order valence-corrected chi connectivity index (χ2v) is 6.17. The topological polar surface area (TPSA) is 50.7 Å². The van der Waals surface area contributed by atoms with Crippen LogP contribution in [0, 0.1) is 0 Å². The summed E-state index contributed by atoms with van der Waals surface area (Å²) in [7, 11) is 0. The van der Waals surface area contributed by atoms with E-state index in [2.05, 4.69) is 16.9 Å².